The summed E-state index contributed by atoms with van der Waals surface area (Å²) in [4.78, 5) is 23.8. The van der Waals surface area contributed by atoms with E-state index in [4.69, 9.17) is 5.11 Å². The average molecular weight is 513 g/mol. The Labute approximate surface area is 211 Å². The van der Waals surface area contributed by atoms with Crippen molar-refractivity contribution < 1.29 is 23.1 Å². The fourth-order valence-corrected chi connectivity index (χ4v) is 4.40. The minimum atomic E-state index is -4.42. The zero-order valence-corrected chi connectivity index (χ0v) is 20.6. The summed E-state index contributed by atoms with van der Waals surface area (Å²) < 4.78 is 41.9. The molecule has 0 fully saturated rings. The summed E-state index contributed by atoms with van der Waals surface area (Å²) in [6, 6.07) is 13.2. The van der Waals surface area contributed by atoms with Gasteiger partial charge in [0.2, 0.25) is 0 Å². The lowest BCUT2D eigenvalue weighted by molar-refractivity contribution is -0.137. The molecule has 0 radical (unpaired) electrons. The molecule has 1 atom stereocenters. The van der Waals surface area contributed by atoms with E-state index in [-0.39, 0.29) is 23.6 Å². The number of fused-ring (bicyclic) bond motifs is 1. The fraction of sp³-hybridized carbons (Fsp3) is 0.296. The summed E-state index contributed by atoms with van der Waals surface area (Å²) in [6.07, 6.45) is -1.63. The Kier molecular flexibility index (Phi) is 6.86. The third kappa shape index (κ3) is 5.68. The molecule has 0 aliphatic heterocycles. The summed E-state index contributed by atoms with van der Waals surface area (Å²) in [5, 5.41) is 16.7. The predicted molar refractivity (Wildman–Crippen MR) is 135 cm³/mol. The Morgan fingerprint density at radius 3 is 2.32 bits per heavy atom. The number of alkyl halides is 3. The van der Waals surface area contributed by atoms with E-state index in [1.54, 1.807) is 24.5 Å². The van der Waals surface area contributed by atoms with Crippen molar-refractivity contribution in [1.82, 2.24) is 19.7 Å². The standard InChI is InChI=1S/C27H27F3N4O3/c1-26(2,3)23(10-12-31-25(36)37)34-22-9-8-21(14-19(22)16-32-34)33-13-11-18(15-24(33)35)17-4-6-20(7-5-17)27(28,29)30/h4-9,11,13-16,23,31H,10,12H2,1-3H3,(H,36,37). The van der Waals surface area contributed by atoms with Crippen molar-refractivity contribution in [3.05, 3.63) is 82.9 Å². The number of hydrogen-bond donors (Lipinski definition) is 2. The van der Waals surface area contributed by atoms with Gasteiger partial charge in [0.05, 0.1) is 23.3 Å². The maximum atomic E-state index is 12.9. The normalized spacial score (nSPS) is 13.0. The molecule has 7 nitrogen and oxygen atoms in total. The van der Waals surface area contributed by atoms with Crippen LogP contribution in [0.2, 0.25) is 0 Å². The molecule has 0 aliphatic rings. The van der Waals surface area contributed by atoms with Crippen LogP contribution in [0.15, 0.2) is 71.8 Å². The molecule has 0 spiro atoms. The van der Waals surface area contributed by atoms with Crippen molar-refractivity contribution >= 4 is 17.0 Å². The number of nitrogens with one attached hydrogen (secondary N) is 1. The minimum absolute atomic E-state index is 0.0755. The van der Waals surface area contributed by atoms with E-state index >= 15 is 0 Å². The summed E-state index contributed by atoms with van der Waals surface area (Å²) in [6.45, 7) is 6.49. The highest BCUT2D eigenvalue weighted by atomic mass is 19.4. The van der Waals surface area contributed by atoms with E-state index in [0.717, 1.165) is 23.0 Å². The molecule has 4 aromatic rings. The van der Waals surface area contributed by atoms with Gasteiger partial charge >= 0.3 is 12.3 Å². The summed E-state index contributed by atoms with van der Waals surface area (Å²) >= 11 is 0. The molecule has 2 aromatic carbocycles. The molecule has 1 amide bonds. The molecule has 2 N–H and O–H groups in total. The number of halogens is 3. The molecule has 10 heteroatoms. The van der Waals surface area contributed by atoms with E-state index < -0.39 is 17.8 Å². The highest BCUT2D eigenvalue weighted by molar-refractivity contribution is 5.81. The highest BCUT2D eigenvalue weighted by Crippen LogP contribution is 2.35. The number of carbonyl (C=O) groups is 1. The number of hydrogen-bond acceptors (Lipinski definition) is 3. The highest BCUT2D eigenvalue weighted by Gasteiger charge is 2.30. The van der Waals surface area contributed by atoms with Gasteiger partial charge in [-0.05, 0) is 59.4 Å². The van der Waals surface area contributed by atoms with Crippen LogP contribution in [0.3, 0.4) is 0 Å². The van der Waals surface area contributed by atoms with Crippen molar-refractivity contribution in [3.63, 3.8) is 0 Å². The Balaban J connectivity index is 1.63. The topological polar surface area (TPSA) is 89.2 Å². The number of aromatic nitrogens is 3. The molecular formula is C27H27F3N4O3. The average Bonchev–Trinajstić information content (AvgIpc) is 3.23. The lowest BCUT2D eigenvalue weighted by Gasteiger charge is -2.31. The number of benzene rings is 2. The van der Waals surface area contributed by atoms with Crippen molar-refractivity contribution in [2.24, 2.45) is 5.41 Å². The first-order chi connectivity index (χ1) is 17.3. The maximum Gasteiger partial charge on any atom is 0.416 e. The van der Waals surface area contributed by atoms with Gasteiger partial charge < -0.3 is 10.4 Å². The third-order valence-electron chi connectivity index (χ3n) is 6.31. The molecule has 0 saturated carbocycles. The minimum Gasteiger partial charge on any atom is -0.465 e. The second-order valence-corrected chi connectivity index (χ2v) is 9.93. The Morgan fingerprint density at radius 1 is 1.03 bits per heavy atom. The van der Waals surface area contributed by atoms with Crippen LogP contribution in [0.4, 0.5) is 18.0 Å². The van der Waals surface area contributed by atoms with Crippen LogP contribution in [-0.4, -0.2) is 32.1 Å². The van der Waals surface area contributed by atoms with Gasteiger partial charge in [-0.2, -0.15) is 18.3 Å². The van der Waals surface area contributed by atoms with Gasteiger partial charge in [-0.1, -0.05) is 32.9 Å². The second kappa shape index (κ2) is 9.76. The smallest absolute Gasteiger partial charge is 0.416 e. The monoisotopic (exact) mass is 512 g/mol. The number of nitrogens with zero attached hydrogens (tertiary/aromatic N) is 3. The van der Waals surface area contributed by atoms with E-state index in [0.29, 0.717) is 23.2 Å². The summed E-state index contributed by atoms with van der Waals surface area (Å²) in [5.41, 5.74) is 1.25. The Morgan fingerprint density at radius 2 is 1.73 bits per heavy atom. The molecule has 2 aromatic heterocycles. The van der Waals surface area contributed by atoms with Gasteiger partial charge in [0, 0.05) is 29.9 Å². The molecule has 2 heterocycles. The quantitative estimate of drug-likeness (QED) is 0.326. The fourth-order valence-electron chi connectivity index (χ4n) is 4.40. The molecule has 0 saturated heterocycles. The van der Waals surface area contributed by atoms with E-state index in [1.807, 2.05) is 16.8 Å². The van der Waals surface area contributed by atoms with Crippen LogP contribution in [0, 0.1) is 5.41 Å². The summed E-state index contributed by atoms with van der Waals surface area (Å²) in [7, 11) is 0. The zero-order chi connectivity index (χ0) is 27.0. The Hall–Kier alpha value is -4.08. The first kappa shape index (κ1) is 26.0. The molecular weight excluding hydrogens is 485 g/mol. The van der Waals surface area contributed by atoms with E-state index in [1.165, 1.54) is 22.8 Å². The molecule has 194 valence electrons. The zero-order valence-electron chi connectivity index (χ0n) is 20.6. The lowest BCUT2D eigenvalue weighted by atomic mass is 9.84. The van der Waals surface area contributed by atoms with Gasteiger partial charge in [0.25, 0.3) is 5.56 Å². The van der Waals surface area contributed by atoms with Crippen molar-refractivity contribution in [3.8, 4) is 16.8 Å². The molecule has 0 bridgehead atoms. The number of pyridine rings is 1. The van der Waals surface area contributed by atoms with E-state index in [2.05, 4.69) is 31.2 Å². The van der Waals surface area contributed by atoms with Crippen molar-refractivity contribution in [2.75, 3.05) is 6.54 Å². The molecule has 4 rings (SSSR count). The second-order valence-electron chi connectivity index (χ2n) is 9.93. The number of rotatable bonds is 6. The maximum absolute atomic E-state index is 12.9. The lowest BCUT2D eigenvalue weighted by Crippen LogP contribution is -2.31. The van der Waals surface area contributed by atoms with Crippen LogP contribution < -0.4 is 10.9 Å². The van der Waals surface area contributed by atoms with Crippen molar-refractivity contribution in [1.29, 1.82) is 0 Å². The van der Waals surface area contributed by atoms with Crippen LogP contribution in [0.5, 0.6) is 0 Å². The number of amides is 1. The largest absolute Gasteiger partial charge is 0.465 e. The van der Waals surface area contributed by atoms with Gasteiger partial charge in [-0.25, -0.2) is 4.79 Å². The van der Waals surface area contributed by atoms with Crippen LogP contribution >= 0.6 is 0 Å². The van der Waals surface area contributed by atoms with Crippen LogP contribution in [-0.2, 0) is 6.18 Å². The predicted octanol–water partition coefficient (Wildman–Crippen LogP) is 6.12. The van der Waals surface area contributed by atoms with E-state index in [9.17, 15) is 22.8 Å². The van der Waals surface area contributed by atoms with Crippen LogP contribution in [0.1, 0.15) is 38.8 Å². The number of carboxylic acid groups (broad SMARTS) is 1. The molecule has 37 heavy (non-hydrogen) atoms. The first-order valence-electron chi connectivity index (χ1n) is 11.7. The SMILES string of the molecule is CC(C)(C)C(CCNC(=O)O)n1ncc2cc(-n3ccc(-c4ccc(C(F)(F)F)cc4)cc3=O)ccc21. The third-order valence-corrected chi connectivity index (χ3v) is 6.31. The van der Waals surface area contributed by atoms with Gasteiger partial charge in [-0.3, -0.25) is 14.0 Å². The Bertz CT molecular complexity index is 1480. The molecule has 0 aliphatic carbocycles. The first-order valence-corrected chi connectivity index (χ1v) is 11.7. The van der Waals surface area contributed by atoms with Crippen molar-refractivity contribution in [2.45, 2.75) is 39.4 Å². The van der Waals surface area contributed by atoms with Gasteiger partial charge in [0.15, 0.2) is 0 Å². The molecule has 1 unspecified atom stereocenters. The van der Waals surface area contributed by atoms with Gasteiger partial charge in [-0.15, -0.1) is 0 Å². The van der Waals surface area contributed by atoms with Crippen LogP contribution in [0.25, 0.3) is 27.7 Å². The van der Waals surface area contributed by atoms with Gasteiger partial charge in [0.1, 0.15) is 0 Å². The summed E-state index contributed by atoms with van der Waals surface area (Å²) in [5.74, 6) is 0.